The fourth-order valence-electron chi connectivity index (χ4n) is 1.07. The Morgan fingerprint density at radius 2 is 2.00 bits per heavy atom. The van der Waals surface area contributed by atoms with Crippen molar-refractivity contribution in [1.82, 2.24) is 0 Å². The molecule has 5 heteroatoms. The van der Waals surface area contributed by atoms with Gasteiger partial charge in [-0.3, -0.25) is 4.79 Å². The van der Waals surface area contributed by atoms with Crippen LogP contribution in [0.3, 0.4) is 0 Å². The summed E-state index contributed by atoms with van der Waals surface area (Å²) in [5.74, 6) is 0.289. The molecule has 0 unspecified atom stereocenters. The summed E-state index contributed by atoms with van der Waals surface area (Å²) in [5.41, 5.74) is 1.01. The standard InChI is InChI=1S/C10H10ClNO3/c1-14-10(12-15-2)8-5-3-4-7(6-8)9(11)13/h3-6H,1-2H3. The number of ether oxygens (including phenoxy) is 1. The molecule has 0 spiro atoms. The predicted octanol–water partition coefficient (Wildman–Crippen LogP) is 2.02. The molecule has 0 atom stereocenters. The van der Waals surface area contributed by atoms with E-state index in [0.717, 1.165) is 0 Å². The lowest BCUT2D eigenvalue weighted by molar-refractivity contribution is 0.108. The number of benzene rings is 1. The largest absolute Gasteiger partial charge is 0.479 e. The first-order chi connectivity index (χ1) is 7.19. The maximum Gasteiger partial charge on any atom is 0.257 e. The van der Waals surface area contributed by atoms with E-state index in [4.69, 9.17) is 16.3 Å². The normalized spacial score (nSPS) is 11.0. The van der Waals surface area contributed by atoms with Crippen LogP contribution in [0, 0.1) is 0 Å². The van der Waals surface area contributed by atoms with Crippen molar-refractivity contribution in [3.8, 4) is 0 Å². The third-order valence-corrected chi connectivity index (χ3v) is 1.92. The zero-order valence-electron chi connectivity index (χ0n) is 8.36. The molecule has 80 valence electrons. The number of carbonyl (C=O) groups excluding carboxylic acids is 1. The first-order valence-electron chi connectivity index (χ1n) is 4.14. The molecular weight excluding hydrogens is 218 g/mol. The molecule has 0 aliphatic carbocycles. The molecule has 0 aliphatic rings. The fraction of sp³-hybridized carbons (Fsp3) is 0.200. The molecule has 0 fully saturated rings. The number of hydrogen-bond acceptors (Lipinski definition) is 4. The minimum absolute atomic E-state index is 0.289. The Hall–Kier alpha value is -1.55. The molecule has 15 heavy (non-hydrogen) atoms. The molecule has 0 heterocycles. The molecule has 0 amide bonds. The Balaban J connectivity index is 3.08. The molecule has 0 aliphatic heterocycles. The van der Waals surface area contributed by atoms with Crippen molar-refractivity contribution in [3.05, 3.63) is 35.4 Å². The van der Waals surface area contributed by atoms with Gasteiger partial charge in [-0.2, -0.15) is 0 Å². The second-order valence-electron chi connectivity index (χ2n) is 2.64. The van der Waals surface area contributed by atoms with Crippen molar-refractivity contribution in [2.24, 2.45) is 5.16 Å². The quantitative estimate of drug-likeness (QED) is 0.344. The van der Waals surface area contributed by atoms with Gasteiger partial charge < -0.3 is 9.57 Å². The number of halogens is 1. The summed E-state index contributed by atoms with van der Waals surface area (Å²) < 4.78 is 4.98. The number of nitrogens with zero attached hydrogens (tertiary/aromatic N) is 1. The van der Waals surface area contributed by atoms with Crippen molar-refractivity contribution in [1.29, 1.82) is 0 Å². The highest BCUT2D eigenvalue weighted by Crippen LogP contribution is 2.09. The predicted molar refractivity (Wildman–Crippen MR) is 57.2 cm³/mol. The van der Waals surface area contributed by atoms with Gasteiger partial charge in [0, 0.05) is 11.1 Å². The lowest BCUT2D eigenvalue weighted by Gasteiger charge is -2.04. The molecule has 4 nitrogen and oxygen atoms in total. The lowest BCUT2D eigenvalue weighted by atomic mass is 10.1. The summed E-state index contributed by atoms with van der Waals surface area (Å²) in [6.45, 7) is 0. The Morgan fingerprint density at radius 1 is 1.33 bits per heavy atom. The van der Waals surface area contributed by atoms with Crippen LogP contribution in [-0.4, -0.2) is 25.4 Å². The average molecular weight is 228 g/mol. The van der Waals surface area contributed by atoms with E-state index in [9.17, 15) is 4.79 Å². The van der Waals surface area contributed by atoms with Crippen molar-refractivity contribution < 1.29 is 14.4 Å². The molecule has 0 bridgehead atoms. The summed E-state index contributed by atoms with van der Waals surface area (Å²) in [7, 11) is 2.88. The zero-order chi connectivity index (χ0) is 11.3. The molecule has 1 aromatic rings. The lowest BCUT2D eigenvalue weighted by Crippen LogP contribution is -2.05. The Morgan fingerprint density at radius 3 is 2.53 bits per heavy atom. The van der Waals surface area contributed by atoms with Crippen LogP contribution in [0.2, 0.25) is 0 Å². The van der Waals surface area contributed by atoms with Crippen molar-refractivity contribution in [3.63, 3.8) is 0 Å². The summed E-state index contributed by atoms with van der Waals surface area (Å²) in [4.78, 5) is 15.5. The Bertz CT molecular complexity index is 390. The minimum atomic E-state index is -0.523. The zero-order valence-corrected chi connectivity index (χ0v) is 9.12. The van der Waals surface area contributed by atoms with Gasteiger partial charge in [0.05, 0.1) is 7.11 Å². The molecule has 0 aromatic heterocycles. The maximum absolute atomic E-state index is 10.9. The second kappa shape index (κ2) is 5.36. The van der Waals surface area contributed by atoms with Gasteiger partial charge in [-0.1, -0.05) is 12.1 Å². The van der Waals surface area contributed by atoms with Crippen LogP contribution in [0.15, 0.2) is 29.4 Å². The molecule has 0 N–H and O–H groups in total. The van der Waals surface area contributed by atoms with Gasteiger partial charge in [-0.05, 0) is 28.9 Å². The van der Waals surface area contributed by atoms with Gasteiger partial charge in [-0.15, -0.1) is 0 Å². The highest BCUT2D eigenvalue weighted by atomic mass is 35.5. The molecule has 0 saturated carbocycles. The van der Waals surface area contributed by atoms with Crippen LogP contribution in [0.1, 0.15) is 15.9 Å². The molecule has 0 saturated heterocycles. The minimum Gasteiger partial charge on any atom is -0.479 e. The molecule has 1 aromatic carbocycles. The van der Waals surface area contributed by atoms with Crippen molar-refractivity contribution in [2.75, 3.05) is 14.2 Å². The second-order valence-corrected chi connectivity index (χ2v) is 2.98. The SMILES string of the molecule is CON=C(OC)c1cccc(C(=O)Cl)c1. The maximum atomic E-state index is 10.9. The summed E-state index contributed by atoms with van der Waals surface area (Å²) >= 11 is 5.35. The highest BCUT2D eigenvalue weighted by Gasteiger charge is 2.07. The summed E-state index contributed by atoms with van der Waals surface area (Å²) in [6.07, 6.45) is 0. The third-order valence-electron chi connectivity index (χ3n) is 1.70. The number of rotatable bonds is 3. The van der Waals surface area contributed by atoms with E-state index in [-0.39, 0.29) is 5.90 Å². The van der Waals surface area contributed by atoms with Crippen LogP contribution in [0.4, 0.5) is 0 Å². The topological polar surface area (TPSA) is 47.9 Å². The van der Waals surface area contributed by atoms with Gasteiger partial charge in [0.1, 0.15) is 7.11 Å². The van der Waals surface area contributed by atoms with Gasteiger partial charge in [-0.25, -0.2) is 0 Å². The van der Waals surface area contributed by atoms with E-state index in [0.29, 0.717) is 11.1 Å². The summed E-state index contributed by atoms with van der Waals surface area (Å²) in [6, 6.07) is 6.62. The Labute approximate surface area is 92.4 Å². The number of carbonyl (C=O) groups is 1. The molecule has 0 radical (unpaired) electrons. The van der Waals surface area contributed by atoms with E-state index in [1.165, 1.54) is 14.2 Å². The van der Waals surface area contributed by atoms with E-state index >= 15 is 0 Å². The number of methoxy groups -OCH3 is 1. The van der Waals surface area contributed by atoms with Crippen LogP contribution >= 0.6 is 11.6 Å². The van der Waals surface area contributed by atoms with Crippen LogP contribution < -0.4 is 0 Å². The highest BCUT2D eigenvalue weighted by molar-refractivity contribution is 6.67. The third kappa shape index (κ3) is 2.95. The van der Waals surface area contributed by atoms with Crippen molar-refractivity contribution in [2.45, 2.75) is 0 Å². The molecular formula is C10H10ClNO3. The first kappa shape index (κ1) is 11.5. The average Bonchev–Trinajstić information content (AvgIpc) is 2.26. The van der Waals surface area contributed by atoms with E-state index in [2.05, 4.69) is 9.99 Å². The van der Waals surface area contributed by atoms with E-state index in [1.54, 1.807) is 24.3 Å². The van der Waals surface area contributed by atoms with Crippen LogP contribution in [0.5, 0.6) is 0 Å². The van der Waals surface area contributed by atoms with E-state index in [1.807, 2.05) is 0 Å². The smallest absolute Gasteiger partial charge is 0.257 e. The van der Waals surface area contributed by atoms with Gasteiger partial charge >= 0.3 is 0 Å². The summed E-state index contributed by atoms with van der Waals surface area (Å²) in [5, 5.41) is 3.13. The molecule has 1 rings (SSSR count). The van der Waals surface area contributed by atoms with E-state index < -0.39 is 5.24 Å². The van der Waals surface area contributed by atoms with Crippen molar-refractivity contribution >= 4 is 22.7 Å². The van der Waals surface area contributed by atoms with Crippen LogP contribution in [-0.2, 0) is 9.57 Å². The Kier molecular flexibility index (Phi) is 4.12. The van der Waals surface area contributed by atoms with Gasteiger partial charge in [0.15, 0.2) is 0 Å². The fourth-order valence-corrected chi connectivity index (χ4v) is 1.18. The number of oxime groups is 1. The van der Waals surface area contributed by atoms with Gasteiger partial charge in [0.25, 0.3) is 11.1 Å². The number of hydrogen-bond donors (Lipinski definition) is 0. The van der Waals surface area contributed by atoms with Gasteiger partial charge in [0.2, 0.25) is 0 Å². The van der Waals surface area contributed by atoms with Crippen LogP contribution in [0.25, 0.3) is 0 Å². The first-order valence-corrected chi connectivity index (χ1v) is 4.52. The monoisotopic (exact) mass is 227 g/mol.